The van der Waals surface area contributed by atoms with Crippen LogP contribution < -0.4 is 0 Å². The molecular formula is C17H12BrNS. The quantitative estimate of drug-likeness (QED) is 0.609. The van der Waals surface area contributed by atoms with Gasteiger partial charge in [0.1, 0.15) is 0 Å². The lowest BCUT2D eigenvalue weighted by Crippen LogP contribution is -1.85. The van der Waals surface area contributed by atoms with Gasteiger partial charge in [0.05, 0.1) is 5.69 Å². The monoisotopic (exact) mass is 341 g/mol. The van der Waals surface area contributed by atoms with Crippen LogP contribution in [0, 0.1) is 0 Å². The zero-order valence-electron chi connectivity index (χ0n) is 10.7. The maximum atomic E-state index is 4.44. The molecule has 98 valence electrons. The van der Waals surface area contributed by atoms with Gasteiger partial charge < -0.3 is 0 Å². The number of pyridine rings is 1. The molecule has 3 aromatic rings. The molecule has 0 atom stereocenters. The lowest BCUT2D eigenvalue weighted by atomic mass is 10.1. The summed E-state index contributed by atoms with van der Waals surface area (Å²) < 4.78 is 1.10. The Labute approximate surface area is 131 Å². The van der Waals surface area contributed by atoms with Crippen molar-refractivity contribution in [1.29, 1.82) is 0 Å². The number of hydrogen-bond acceptors (Lipinski definition) is 2. The predicted molar refractivity (Wildman–Crippen MR) is 87.9 cm³/mol. The molecule has 0 aliphatic heterocycles. The van der Waals surface area contributed by atoms with E-state index in [-0.39, 0.29) is 0 Å². The largest absolute Gasteiger partial charge is 0.256 e. The first-order chi connectivity index (χ1) is 9.83. The number of aromatic nitrogens is 1. The molecule has 2 aromatic carbocycles. The summed E-state index contributed by atoms with van der Waals surface area (Å²) in [5.41, 5.74) is 2.17. The highest BCUT2D eigenvalue weighted by Crippen LogP contribution is 2.35. The zero-order chi connectivity index (χ0) is 13.8. The van der Waals surface area contributed by atoms with E-state index in [1.165, 1.54) is 15.4 Å². The van der Waals surface area contributed by atoms with Crippen LogP contribution in [-0.4, -0.2) is 4.98 Å². The highest BCUT2D eigenvalue weighted by atomic mass is 79.9. The molecule has 1 nitrogen and oxygen atoms in total. The van der Waals surface area contributed by atoms with Crippen LogP contribution >= 0.6 is 27.7 Å². The molecule has 0 N–H and O–H groups in total. The smallest absolute Gasteiger partial charge is 0.0713 e. The van der Waals surface area contributed by atoms with E-state index in [0.29, 0.717) is 0 Å². The molecule has 20 heavy (non-hydrogen) atoms. The number of benzene rings is 2. The van der Waals surface area contributed by atoms with E-state index < -0.39 is 0 Å². The van der Waals surface area contributed by atoms with Gasteiger partial charge in [0, 0.05) is 26.0 Å². The van der Waals surface area contributed by atoms with Gasteiger partial charge in [0.15, 0.2) is 0 Å². The van der Waals surface area contributed by atoms with Crippen molar-refractivity contribution >= 4 is 27.7 Å². The van der Waals surface area contributed by atoms with Crippen molar-refractivity contribution in [3.63, 3.8) is 0 Å². The predicted octanol–water partition coefficient (Wildman–Crippen LogP) is 5.66. The Morgan fingerprint density at radius 2 is 1.55 bits per heavy atom. The van der Waals surface area contributed by atoms with Crippen molar-refractivity contribution < 1.29 is 0 Å². The van der Waals surface area contributed by atoms with Gasteiger partial charge in [0.25, 0.3) is 0 Å². The Morgan fingerprint density at radius 1 is 0.800 bits per heavy atom. The molecule has 1 aromatic heterocycles. The highest BCUT2D eigenvalue weighted by Gasteiger charge is 2.06. The Balaban J connectivity index is 1.96. The van der Waals surface area contributed by atoms with Gasteiger partial charge in [-0.05, 0) is 42.5 Å². The third-order valence-corrected chi connectivity index (χ3v) is 4.48. The summed E-state index contributed by atoms with van der Waals surface area (Å²) in [5, 5.41) is 0. The number of hydrogen-bond donors (Lipinski definition) is 0. The van der Waals surface area contributed by atoms with Crippen molar-refractivity contribution in [2.75, 3.05) is 0 Å². The molecule has 0 bridgehead atoms. The van der Waals surface area contributed by atoms with Crippen molar-refractivity contribution in [3.05, 3.63) is 77.4 Å². The van der Waals surface area contributed by atoms with Crippen molar-refractivity contribution in [1.82, 2.24) is 4.98 Å². The van der Waals surface area contributed by atoms with Crippen LogP contribution in [0.4, 0.5) is 0 Å². The van der Waals surface area contributed by atoms with Gasteiger partial charge >= 0.3 is 0 Å². The lowest BCUT2D eigenvalue weighted by molar-refractivity contribution is 1.29. The first-order valence-corrected chi connectivity index (χ1v) is 7.88. The SMILES string of the molecule is Brc1ccc(Sc2ccccc2-c2ccccn2)cc1. The van der Waals surface area contributed by atoms with E-state index in [0.717, 1.165) is 10.2 Å². The van der Waals surface area contributed by atoms with Crippen LogP contribution in [0.5, 0.6) is 0 Å². The van der Waals surface area contributed by atoms with E-state index in [9.17, 15) is 0 Å². The van der Waals surface area contributed by atoms with Gasteiger partial charge in [-0.15, -0.1) is 0 Å². The van der Waals surface area contributed by atoms with Crippen LogP contribution in [0.2, 0.25) is 0 Å². The van der Waals surface area contributed by atoms with Crippen molar-refractivity contribution in [3.8, 4) is 11.3 Å². The van der Waals surface area contributed by atoms with Gasteiger partial charge in [-0.2, -0.15) is 0 Å². The Kier molecular flexibility index (Phi) is 4.19. The second-order valence-electron chi connectivity index (χ2n) is 4.27. The molecule has 0 amide bonds. The number of halogens is 1. The first-order valence-electron chi connectivity index (χ1n) is 6.27. The number of nitrogens with zero attached hydrogens (tertiary/aromatic N) is 1. The molecule has 1 heterocycles. The average Bonchev–Trinajstić information content (AvgIpc) is 2.51. The molecule has 3 rings (SSSR count). The lowest BCUT2D eigenvalue weighted by Gasteiger charge is -2.08. The van der Waals surface area contributed by atoms with E-state index in [4.69, 9.17) is 0 Å². The fourth-order valence-electron chi connectivity index (χ4n) is 1.92. The summed E-state index contributed by atoms with van der Waals surface area (Å²) in [5.74, 6) is 0. The third-order valence-electron chi connectivity index (χ3n) is 2.87. The van der Waals surface area contributed by atoms with Crippen LogP contribution in [0.1, 0.15) is 0 Å². The minimum absolute atomic E-state index is 1.01. The van der Waals surface area contributed by atoms with Crippen molar-refractivity contribution in [2.45, 2.75) is 9.79 Å². The maximum Gasteiger partial charge on any atom is 0.0713 e. The van der Waals surface area contributed by atoms with E-state index >= 15 is 0 Å². The van der Waals surface area contributed by atoms with Crippen LogP contribution in [0.15, 0.2) is 87.2 Å². The third kappa shape index (κ3) is 3.11. The van der Waals surface area contributed by atoms with Gasteiger partial charge in [-0.1, -0.05) is 52.0 Å². The fraction of sp³-hybridized carbons (Fsp3) is 0. The van der Waals surface area contributed by atoms with Gasteiger partial charge in [-0.3, -0.25) is 4.98 Å². The standard InChI is InChI=1S/C17H12BrNS/c18-13-8-10-14(11-9-13)20-17-7-2-1-5-15(17)16-6-3-4-12-19-16/h1-12H. The minimum Gasteiger partial charge on any atom is -0.256 e. The average molecular weight is 342 g/mol. The molecule has 0 aliphatic carbocycles. The van der Waals surface area contributed by atoms with E-state index in [1.807, 2.05) is 24.4 Å². The molecule has 0 radical (unpaired) electrons. The molecule has 0 saturated carbocycles. The molecule has 0 fully saturated rings. The highest BCUT2D eigenvalue weighted by molar-refractivity contribution is 9.10. The summed E-state index contributed by atoms with van der Waals surface area (Å²) >= 11 is 5.22. The molecule has 0 saturated heterocycles. The molecule has 0 aliphatic rings. The normalized spacial score (nSPS) is 10.4. The topological polar surface area (TPSA) is 12.9 Å². The Hall–Kier alpha value is -1.58. The first kappa shape index (κ1) is 13.4. The Bertz CT molecular complexity index is 696. The number of rotatable bonds is 3. The summed E-state index contributed by atoms with van der Waals surface area (Å²) in [6.07, 6.45) is 1.83. The summed E-state index contributed by atoms with van der Waals surface area (Å²) in [4.78, 5) is 6.88. The van der Waals surface area contributed by atoms with E-state index in [2.05, 4.69) is 69.4 Å². The van der Waals surface area contributed by atoms with Crippen molar-refractivity contribution in [2.24, 2.45) is 0 Å². The zero-order valence-corrected chi connectivity index (χ0v) is 13.1. The Morgan fingerprint density at radius 3 is 2.30 bits per heavy atom. The van der Waals surface area contributed by atoms with Gasteiger partial charge in [-0.25, -0.2) is 0 Å². The molecular weight excluding hydrogens is 330 g/mol. The maximum absolute atomic E-state index is 4.44. The second-order valence-corrected chi connectivity index (χ2v) is 6.30. The fourth-order valence-corrected chi connectivity index (χ4v) is 3.14. The van der Waals surface area contributed by atoms with Gasteiger partial charge in [0.2, 0.25) is 0 Å². The minimum atomic E-state index is 1.01. The van der Waals surface area contributed by atoms with Crippen LogP contribution in [0.3, 0.4) is 0 Å². The van der Waals surface area contributed by atoms with Crippen LogP contribution in [0.25, 0.3) is 11.3 Å². The van der Waals surface area contributed by atoms with Crippen LogP contribution in [-0.2, 0) is 0 Å². The summed E-state index contributed by atoms with van der Waals surface area (Å²) in [7, 11) is 0. The molecule has 0 spiro atoms. The second kappa shape index (κ2) is 6.25. The molecule has 3 heteroatoms. The van der Waals surface area contributed by atoms with E-state index in [1.54, 1.807) is 11.8 Å². The summed E-state index contributed by atoms with van der Waals surface area (Å²) in [6, 6.07) is 22.7. The summed E-state index contributed by atoms with van der Waals surface area (Å²) in [6.45, 7) is 0. The molecule has 0 unspecified atom stereocenters.